The van der Waals surface area contributed by atoms with E-state index in [0.717, 1.165) is 29.5 Å². The van der Waals surface area contributed by atoms with Crippen molar-refractivity contribution in [3.63, 3.8) is 0 Å². The van der Waals surface area contributed by atoms with Crippen molar-refractivity contribution in [2.24, 2.45) is 0 Å². The normalized spacial score (nSPS) is 15.3. The Morgan fingerprint density at radius 2 is 1.85 bits per heavy atom. The van der Waals surface area contributed by atoms with Gasteiger partial charge in [0.25, 0.3) is 0 Å². The molecule has 1 aromatic carbocycles. The van der Waals surface area contributed by atoms with Crippen molar-refractivity contribution in [2.45, 2.75) is 16.1 Å². The molecular formula is C20H17ClF3N3O4S2. The molecule has 0 radical (unpaired) electrons. The third-order valence-electron chi connectivity index (χ3n) is 5.28. The number of benzene rings is 1. The van der Waals surface area contributed by atoms with Crippen LogP contribution in [0.25, 0.3) is 10.1 Å². The Kier molecular flexibility index (Phi) is 6.18. The molecule has 33 heavy (non-hydrogen) atoms. The van der Waals surface area contributed by atoms with Crippen LogP contribution in [0.1, 0.15) is 11.1 Å². The number of hydrogen-bond donors (Lipinski definition) is 1. The molecule has 4 rings (SSSR count). The Labute approximate surface area is 195 Å². The molecule has 7 nitrogen and oxygen atoms in total. The van der Waals surface area contributed by atoms with Gasteiger partial charge < -0.3 is 14.9 Å². The zero-order valence-corrected chi connectivity index (χ0v) is 19.2. The Morgan fingerprint density at radius 1 is 1.15 bits per heavy atom. The van der Waals surface area contributed by atoms with Crippen molar-refractivity contribution in [1.29, 1.82) is 0 Å². The third-order valence-corrected chi connectivity index (χ3v) is 8.84. The average Bonchev–Trinajstić information content (AvgIpc) is 3.18. The summed E-state index contributed by atoms with van der Waals surface area (Å²) in [5.74, 6) is -0.344. The van der Waals surface area contributed by atoms with Crippen molar-refractivity contribution < 1.29 is 31.5 Å². The first kappa shape index (κ1) is 23.6. The summed E-state index contributed by atoms with van der Waals surface area (Å²) in [6, 6.07) is 5.92. The third kappa shape index (κ3) is 4.87. The molecule has 1 aliphatic heterocycles. The van der Waals surface area contributed by atoms with E-state index in [-0.39, 0.29) is 22.3 Å². The topological polar surface area (TPSA) is 90.8 Å². The van der Waals surface area contributed by atoms with Crippen LogP contribution >= 0.6 is 22.9 Å². The fourth-order valence-electron chi connectivity index (χ4n) is 3.67. The molecule has 0 aliphatic carbocycles. The Hall–Kier alpha value is -2.57. The lowest BCUT2D eigenvalue weighted by atomic mass is 10.1. The van der Waals surface area contributed by atoms with Gasteiger partial charge >= 0.3 is 12.3 Å². The first-order valence-electron chi connectivity index (χ1n) is 9.65. The van der Waals surface area contributed by atoms with E-state index in [1.54, 1.807) is 6.07 Å². The van der Waals surface area contributed by atoms with Crippen LogP contribution in [0.4, 0.5) is 23.8 Å². The number of hydrogen-bond acceptors (Lipinski definition) is 6. The van der Waals surface area contributed by atoms with E-state index in [1.807, 2.05) is 4.90 Å². The van der Waals surface area contributed by atoms with E-state index < -0.39 is 39.0 Å². The van der Waals surface area contributed by atoms with Crippen LogP contribution in [0, 0.1) is 0 Å². The van der Waals surface area contributed by atoms with Gasteiger partial charge in [0.15, 0.2) is 9.84 Å². The second-order valence-electron chi connectivity index (χ2n) is 7.43. The predicted octanol–water partition coefficient (Wildman–Crippen LogP) is 4.74. The number of carbonyl (C=O) groups is 1. The number of rotatable bonds is 4. The first-order valence-corrected chi connectivity index (χ1v) is 12.5. The standard InChI is InChI=1S/C20H17ClF3N3O4S2/c21-13-1-2-15(20(22,23)24)12(9-13)11-33(30,31)17-10-14-16(32-17)3-4-25-18(14)26-5-7-27(8-6-26)19(28)29/h1-4,9-10H,5-8,11H2,(H,28,29). The maximum absolute atomic E-state index is 13.4. The summed E-state index contributed by atoms with van der Waals surface area (Å²) >= 11 is 6.78. The van der Waals surface area contributed by atoms with Gasteiger partial charge in [-0.1, -0.05) is 11.6 Å². The van der Waals surface area contributed by atoms with Crippen molar-refractivity contribution in [3.05, 3.63) is 52.7 Å². The molecule has 3 heterocycles. The quantitative estimate of drug-likeness (QED) is 0.535. The van der Waals surface area contributed by atoms with Gasteiger partial charge in [-0.05, 0) is 35.9 Å². The van der Waals surface area contributed by atoms with Crippen LogP contribution in [-0.2, 0) is 21.8 Å². The molecule has 0 unspecified atom stereocenters. The Bertz CT molecular complexity index is 1320. The van der Waals surface area contributed by atoms with E-state index in [4.69, 9.17) is 16.7 Å². The molecule has 3 aromatic rings. The number of piperazine rings is 1. The van der Waals surface area contributed by atoms with Crippen LogP contribution in [0.2, 0.25) is 5.02 Å². The lowest BCUT2D eigenvalue weighted by molar-refractivity contribution is -0.138. The molecule has 1 aliphatic rings. The number of thiophene rings is 1. The van der Waals surface area contributed by atoms with Crippen LogP contribution in [0.3, 0.4) is 0 Å². The van der Waals surface area contributed by atoms with Gasteiger partial charge in [-0.15, -0.1) is 11.3 Å². The van der Waals surface area contributed by atoms with E-state index in [2.05, 4.69) is 4.98 Å². The van der Waals surface area contributed by atoms with Gasteiger partial charge in [-0.3, -0.25) is 0 Å². The highest BCUT2D eigenvalue weighted by atomic mass is 35.5. The number of fused-ring (bicyclic) bond motifs is 1. The molecule has 1 saturated heterocycles. The largest absolute Gasteiger partial charge is 0.465 e. The Balaban J connectivity index is 1.67. The van der Waals surface area contributed by atoms with Gasteiger partial charge in [0.2, 0.25) is 0 Å². The molecular weight excluding hydrogens is 503 g/mol. The number of anilines is 1. The summed E-state index contributed by atoms with van der Waals surface area (Å²) in [7, 11) is -4.11. The molecule has 2 aromatic heterocycles. The maximum atomic E-state index is 13.4. The highest BCUT2D eigenvalue weighted by Crippen LogP contribution is 2.38. The lowest BCUT2D eigenvalue weighted by Crippen LogP contribution is -2.48. The summed E-state index contributed by atoms with van der Waals surface area (Å²) in [6.45, 7) is 1.32. The van der Waals surface area contributed by atoms with E-state index in [9.17, 15) is 26.4 Å². The van der Waals surface area contributed by atoms with Crippen LogP contribution < -0.4 is 4.90 Å². The Morgan fingerprint density at radius 3 is 2.48 bits per heavy atom. The van der Waals surface area contributed by atoms with E-state index in [0.29, 0.717) is 29.0 Å². The van der Waals surface area contributed by atoms with Gasteiger partial charge in [0, 0.05) is 47.5 Å². The van der Waals surface area contributed by atoms with Gasteiger partial charge in [-0.25, -0.2) is 18.2 Å². The summed E-state index contributed by atoms with van der Waals surface area (Å²) in [6.07, 6.45) is -4.21. The minimum Gasteiger partial charge on any atom is -0.465 e. The number of aromatic nitrogens is 1. The fraction of sp³-hybridized carbons (Fsp3) is 0.300. The molecule has 1 fully saturated rings. The summed E-state index contributed by atoms with van der Waals surface area (Å²) in [5.41, 5.74) is -1.47. The molecule has 0 saturated carbocycles. The van der Waals surface area contributed by atoms with E-state index in [1.165, 1.54) is 17.2 Å². The number of alkyl halides is 3. The predicted molar refractivity (Wildman–Crippen MR) is 119 cm³/mol. The van der Waals surface area contributed by atoms with Gasteiger partial charge in [-0.2, -0.15) is 13.2 Å². The van der Waals surface area contributed by atoms with Crippen LogP contribution in [-0.4, -0.2) is 55.7 Å². The number of carboxylic acid groups (broad SMARTS) is 1. The monoisotopic (exact) mass is 519 g/mol. The minimum atomic E-state index is -4.72. The smallest absolute Gasteiger partial charge is 0.416 e. The van der Waals surface area contributed by atoms with Crippen molar-refractivity contribution in [3.8, 4) is 0 Å². The fourth-order valence-corrected chi connectivity index (χ4v) is 6.69. The number of sulfone groups is 1. The molecule has 0 bridgehead atoms. The number of amides is 1. The zero-order valence-electron chi connectivity index (χ0n) is 16.8. The van der Waals surface area contributed by atoms with Crippen molar-refractivity contribution in [2.75, 3.05) is 31.1 Å². The van der Waals surface area contributed by atoms with Crippen molar-refractivity contribution >= 4 is 54.8 Å². The molecule has 0 atom stereocenters. The summed E-state index contributed by atoms with van der Waals surface area (Å²) in [5, 5.41) is 9.67. The summed E-state index contributed by atoms with van der Waals surface area (Å²) in [4.78, 5) is 18.6. The maximum Gasteiger partial charge on any atom is 0.416 e. The number of pyridine rings is 1. The molecule has 176 valence electrons. The average molecular weight is 520 g/mol. The number of nitrogens with zero attached hydrogens (tertiary/aromatic N) is 3. The van der Waals surface area contributed by atoms with Crippen molar-refractivity contribution in [1.82, 2.24) is 9.88 Å². The van der Waals surface area contributed by atoms with Gasteiger partial charge in [0.05, 0.1) is 11.3 Å². The summed E-state index contributed by atoms with van der Waals surface area (Å²) < 4.78 is 66.8. The van der Waals surface area contributed by atoms with Gasteiger partial charge in [0.1, 0.15) is 10.0 Å². The second-order valence-corrected chi connectivity index (χ2v) is 11.2. The molecule has 13 heteroatoms. The lowest BCUT2D eigenvalue weighted by Gasteiger charge is -2.34. The zero-order chi connectivity index (χ0) is 24.0. The first-order chi connectivity index (χ1) is 15.5. The van der Waals surface area contributed by atoms with Crippen LogP contribution in [0.5, 0.6) is 0 Å². The SMILES string of the molecule is O=C(O)N1CCN(c2nccc3sc(S(=O)(=O)Cc4cc(Cl)ccc4C(F)(F)F)cc23)CC1. The second kappa shape index (κ2) is 8.65. The van der Waals surface area contributed by atoms with E-state index >= 15 is 0 Å². The van der Waals surface area contributed by atoms with Crippen LogP contribution in [0.15, 0.2) is 40.7 Å². The highest BCUT2D eigenvalue weighted by molar-refractivity contribution is 7.92. The minimum absolute atomic E-state index is 0.0107. The molecule has 1 amide bonds. The number of halogens is 4. The highest BCUT2D eigenvalue weighted by Gasteiger charge is 2.35. The molecule has 1 N–H and O–H groups in total. The molecule has 0 spiro atoms.